The van der Waals surface area contributed by atoms with Crippen LogP contribution >= 0.6 is 0 Å². The molecule has 1 aromatic rings. The van der Waals surface area contributed by atoms with Gasteiger partial charge in [0.05, 0.1) is 0 Å². The molecule has 0 radical (unpaired) electrons. The zero-order valence-corrected chi connectivity index (χ0v) is 11.4. The minimum atomic E-state index is 0.199. The Hall–Kier alpha value is -1.57. The van der Waals surface area contributed by atoms with Gasteiger partial charge in [0.1, 0.15) is 0 Å². The van der Waals surface area contributed by atoms with Crippen molar-refractivity contribution >= 4 is 11.6 Å². The number of fused-ring (bicyclic) bond motifs is 1. The van der Waals surface area contributed by atoms with Crippen molar-refractivity contribution in [1.29, 1.82) is 0 Å². The maximum Gasteiger partial charge on any atom is 0.228 e. The highest BCUT2D eigenvalue weighted by Gasteiger charge is 2.52. The summed E-state index contributed by atoms with van der Waals surface area (Å²) in [6.45, 7) is 2.05. The second kappa shape index (κ2) is 5.20. The van der Waals surface area contributed by atoms with Gasteiger partial charge >= 0.3 is 0 Å². The fourth-order valence-corrected chi connectivity index (χ4v) is 3.16. The van der Waals surface area contributed by atoms with Crippen LogP contribution in [0.4, 0.5) is 5.69 Å². The number of rotatable bonds is 2. The minimum absolute atomic E-state index is 0.199. The first-order chi connectivity index (χ1) is 9.25. The van der Waals surface area contributed by atoms with E-state index in [0.29, 0.717) is 11.8 Å². The van der Waals surface area contributed by atoms with Crippen LogP contribution in [0.15, 0.2) is 36.4 Å². The summed E-state index contributed by atoms with van der Waals surface area (Å²) in [6, 6.07) is 8.03. The quantitative estimate of drug-likeness (QED) is 0.797. The summed E-state index contributed by atoms with van der Waals surface area (Å²) in [7, 11) is 0. The first-order valence-electron chi connectivity index (χ1n) is 7.30. The largest absolute Gasteiger partial charge is 0.326 e. The number of aryl methyl sites for hydroxylation is 1. The molecular formula is C17H21NO. The molecular weight excluding hydrogens is 234 g/mol. The molecule has 1 fully saturated rings. The van der Waals surface area contributed by atoms with Gasteiger partial charge in [-0.2, -0.15) is 0 Å². The first kappa shape index (κ1) is 12.5. The summed E-state index contributed by atoms with van der Waals surface area (Å²) < 4.78 is 0. The lowest BCUT2D eigenvalue weighted by Crippen LogP contribution is -2.15. The Morgan fingerprint density at radius 2 is 2.00 bits per heavy atom. The molecule has 1 saturated carbocycles. The molecule has 100 valence electrons. The van der Waals surface area contributed by atoms with E-state index in [2.05, 4.69) is 24.4 Å². The summed E-state index contributed by atoms with van der Waals surface area (Å²) in [4.78, 5) is 12.3. The van der Waals surface area contributed by atoms with Crippen LogP contribution in [-0.4, -0.2) is 5.91 Å². The summed E-state index contributed by atoms with van der Waals surface area (Å²) in [5, 5.41) is 3.06. The van der Waals surface area contributed by atoms with Gasteiger partial charge in [0.2, 0.25) is 5.91 Å². The average Bonchev–Trinajstić information content (AvgIpc) is 3.03. The standard InChI is InChI=1S/C17H21NO/c1-12-8-10-13(11-9-12)18-17(19)16-14-6-4-2-3-5-7-15(14)16/h4,6,8-11,14-16H,2-3,5,7H2,1H3,(H,18,19)/t14-,15-,16-/m0/s1. The van der Waals surface area contributed by atoms with E-state index in [-0.39, 0.29) is 11.8 Å². The smallest absolute Gasteiger partial charge is 0.228 e. The number of anilines is 1. The molecule has 1 N–H and O–H groups in total. The van der Waals surface area contributed by atoms with Gasteiger partial charge in [0.25, 0.3) is 0 Å². The highest BCUT2D eigenvalue weighted by atomic mass is 16.2. The Morgan fingerprint density at radius 1 is 1.21 bits per heavy atom. The van der Waals surface area contributed by atoms with E-state index in [9.17, 15) is 4.79 Å². The molecule has 19 heavy (non-hydrogen) atoms. The van der Waals surface area contributed by atoms with Crippen LogP contribution in [0.25, 0.3) is 0 Å². The van der Waals surface area contributed by atoms with Gasteiger partial charge in [-0.15, -0.1) is 0 Å². The van der Waals surface area contributed by atoms with E-state index in [4.69, 9.17) is 0 Å². The molecule has 1 aromatic carbocycles. The summed E-state index contributed by atoms with van der Waals surface area (Å²) in [5.41, 5.74) is 2.13. The monoisotopic (exact) mass is 255 g/mol. The second-order valence-corrected chi connectivity index (χ2v) is 5.83. The van der Waals surface area contributed by atoms with Crippen LogP contribution in [0.5, 0.6) is 0 Å². The van der Waals surface area contributed by atoms with E-state index in [0.717, 1.165) is 5.69 Å². The highest BCUT2D eigenvalue weighted by molar-refractivity contribution is 5.95. The number of carbonyl (C=O) groups is 1. The van der Waals surface area contributed by atoms with Gasteiger partial charge in [-0.25, -0.2) is 0 Å². The number of allylic oxidation sites excluding steroid dienone is 2. The predicted octanol–water partition coefficient (Wildman–Crippen LogP) is 3.93. The van der Waals surface area contributed by atoms with Crippen LogP contribution in [0.2, 0.25) is 0 Å². The van der Waals surface area contributed by atoms with Crippen LogP contribution in [0.3, 0.4) is 0 Å². The van der Waals surface area contributed by atoms with E-state index in [1.54, 1.807) is 0 Å². The van der Waals surface area contributed by atoms with Crippen molar-refractivity contribution in [1.82, 2.24) is 0 Å². The lowest BCUT2D eigenvalue weighted by Gasteiger charge is -2.05. The van der Waals surface area contributed by atoms with E-state index in [1.165, 1.54) is 31.2 Å². The lowest BCUT2D eigenvalue weighted by molar-refractivity contribution is -0.117. The molecule has 2 aliphatic rings. The fourth-order valence-electron chi connectivity index (χ4n) is 3.16. The maximum atomic E-state index is 12.3. The first-order valence-corrected chi connectivity index (χ1v) is 7.30. The second-order valence-electron chi connectivity index (χ2n) is 5.83. The normalized spacial score (nSPS) is 29.0. The molecule has 0 aliphatic heterocycles. The third kappa shape index (κ3) is 2.73. The minimum Gasteiger partial charge on any atom is -0.326 e. The zero-order chi connectivity index (χ0) is 13.2. The Labute approximate surface area is 114 Å². The number of hydrogen-bond acceptors (Lipinski definition) is 1. The molecule has 1 amide bonds. The molecule has 0 bridgehead atoms. The zero-order valence-electron chi connectivity index (χ0n) is 11.4. The number of nitrogens with one attached hydrogen (secondary N) is 1. The third-order valence-electron chi connectivity index (χ3n) is 4.37. The van der Waals surface area contributed by atoms with Crippen molar-refractivity contribution in [2.75, 3.05) is 5.32 Å². The highest BCUT2D eigenvalue weighted by Crippen LogP contribution is 2.51. The Balaban J connectivity index is 1.64. The predicted molar refractivity (Wildman–Crippen MR) is 77.9 cm³/mol. The van der Waals surface area contributed by atoms with Crippen LogP contribution in [0.1, 0.15) is 31.2 Å². The average molecular weight is 255 g/mol. The molecule has 2 aliphatic carbocycles. The maximum absolute atomic E-state index is 12.3. The van der Waals surface area contributed by atoms with Crippen molar-refractivity contribution in [3.63, 3.8) is 0 Å². The molecule has 0 heterocycles. The van der Waals surface area contributed by atoms with Crippen molar-refractivity contribution in [2.24, 2.45) is 17.8 Å². The molecule has 0 saturated heterocycles. The van der Waals surface area contributed by atoms with Gasteiger partial charge in [-0.1, -0.05) is 36.3 Å². The molecule has 0 aromatic heterocycles. The Morgan fingerprint density at radius 3 is 2.79 bits per heavy atom. The summed E-state index contributed by atoms with van der Waals surface area (Å²) in [5.74, 6) is 1.48. The van der Waals surface area contributed by atoms with Crippen LogP contribution in [0, 0.1) is 24.7 Å². The van der Waals surface area contributed by atoms with Gasteiger partial charge in [-0.05, 0) is 50.2 Å². The van der Waals surface area contributed by atoms with E-state index in [1.807, 2.05) is 24.3 Å². The SMILES string of the molecule is Cc1ccc(NC(=O)[C@H]2[C@H]3C=CCCCC[C@@H]32)cc1. The molecule has 2 heteroatoms. The Kier molecular flexibility index (Phi) is 3.41. The molecule has 3 atom stereocenters. The van der Waals surface area contributed by atoms with Crippen molar-refractivity contribution in [2.45, 2.75) is 32.6 Å². The molecule has 0 spiro atoms. The fraction of sp³-hybridized carbons (Fsp3) is 0.471. The molecule has 0 unspecified atom stereocenters. The molecule has 3 rings (SSSR count). The van der Waals surface area contributed by atoms with Crippen molar-refractivity contribution in [3.05, 3.63) is 42.0 Å². The van der Waals surface area contributed by atoms with Crippen molar-refractivity contribution in [3.8, 4) is 0 Å². The van der Waals surface area contributed by atoms with Gasteiger partial charge in [-0.3, -0.25) is 4.79 Å². The Bertz CT molecular complexity index is 488. The third-order valence-corrected chi connectivity index (χ3v) is 4.37. The molecule has 2 nitrogen and oxygen atoms in total. The van der Waals surface area contributed by atoms with Crippen molar-refractivity contribution < 1.29 is 4.79 Å². The van der Waals surface area contributed by atoms with E-state index >= 15 is 0 Å². The number of carbonyl (C=O) groups excluding carboxylic acids is 1. The van der Waals surface area contributed by atoms with Crippen LogP contribution in [-0.2, 0) is 4.79 Å². The van der Waals surface area contributed by atoms with Gasteiger partial charge in [0.15, 0.2) is 0 Å². The lowest BCUT2D eigenvalue weighted by atomic mass is 10.1. The van der Waals surface area contributed by atoms with E-state index < -0.39 is 0 Å². The number of hydrogen-bond donors (Lipinski definition) is 1. The number of benzene rings is 1. The summed E-state index contributed by atoms with van der Waals surface area (Å²) in [6.07, 6.45) is 9.45. The topological polar surface area (TPSA) is 29.1 Å². The van der Waals surface area contributed by atoms with Gasteiger partial charge < -0.3 is 5.32 Å². The van der Waals surface area contributed by atoms with Crippen LogP contribution < -0.4 is 5.32 Å². The number of amides is 1. The summed E-state index contributed by atoms with van der Waals surface area (Å²) >= 11 is 0. The van der Waals surface area contributed by atoms with Gasteiger partial charge in [0, 0.05) is 11.6 Å².